The van der Waals surface area contributed by atoms with Gasteiger partial charge >= 0.3 is 0 Å². The molecule has 4 rings (SSSR count). The van der Waals surface area contributed by atoms with Gasteiger partial charge in [0.1, 0.15) is 23.1 Å². The van der Waals surface area contributed by atoms with Gasteiger partial charge in [0.15, 0.2) is 0 Å². The van der Waals surface area contributed by atoms with Crippen LogP contribution in [0.25, 0.3) is 21.9 Å². The summed E-state index contributed by atoms with van der Waals surface area (Å²) >= 11 is 5.95. The molecule has 0 bridgehead atoms. The summed E-state index contributed by atoms with van der Waals surface area (Å²) in [6.07, 6.45) is 2.97. The van der Waals surface area contributed by atoms with Gasteiger partial charge in [-0.3, -0.25) is 4.79 Å². The quantitative estimate of drug-likeness (QED) is 0.574. The number of aromatic amines is 1. The van der Waals surface area contributed by atoms with Crippen LogP contribution in [0.1, 0.15) is 5.56 Å². The maximum Gasteiger partial charge on any atom is 0.298 e. The van der Waals surface area contributed by atoms with E-state index in [1.807, 2.05) is 30.3 Å². The fourth-order valence-corrected chi connectivity index (χ4v) is 2.85. The van der Waals surface area contributed by atoms with Crippen LogP contribution < -0.4 is 10.3 Å². The van der Waals surface area contributed by atoms with Crippen LogP contribution in [-0.2, 0) is 0 Å². The third-order valence-corrected chi connectivity index (χ3v) is 4.11. The molecule has 6 nitrogen and oxygen atoms in total. The molecule has 2 aromatic carbocycles. The zero-order valence-electron chi connectivity index (χ0n) is 13.2. The van der Waals surface area contributed by atoms with Gasteiger partial charge in [0, 0.05) is 16.5 Å². The Hall–Kier alpha value is -3.12. The van der Waals surface area contributed by atoms with E-state index in [-0.39, 0.29) is 5.56 Å². The summed E-state index contributed by atoms with van der Waals surface area (Å²) in [5.41, 5.74) is 2.31. The number of aromatic nitrogens is 3. The second kappa shape index (κ2) is 6.07. The smallest absolute Gasteiger partial charge is 0.298 e. The minimum absolute atomic E-state index is 0.279. The molecule has 4 aromatic rings. The monoisotopic (exact) mass is 352 g/mol. The summed E-state index contributed by atoms with van der Waals surface area (Å²) in [5, 5.41) is 5.65. The molecule has 0 radical (unpaired) electrons. The summed E-state index contributed by atoms with van der Waals surface area (Å²) in [4.78, 5) is 20.1. The minimum atomic E-state index is -0.279. The molecule has 2 aromatic heterocycles. The first-order chi connectivity index (χ1) is 12.2. The molecule has 2 heterocycles. The van der Waals surface area contributed by atoms with E-state index in [4.69, 9.17) is 16.3 Å². The van der Waals surface area contributed by atoms with Crippen molar-refractivity contribution < 1.29 is 4.74 Å². The lowest BCUT2D eigenvalue weighted by molar-refractivity contribution is 0.415. The number of nitrogens with zero attached hydrogens (tertiary/aromatic N) is 3. The highest BCUT2D eigenvalue weighted by atomic mass is 35.5. The Labute approximate surface area is 147 Å². The van der Waals surface area contributed by atoms with Crippen LogP contribution in [0.4, 0.5) is 0 Å². The minimum Gasteiger partial charge on any atom is -0.497 e. The number of benzene rings is 2. The van der Waals surface area contributed by atoms with Crippen molar-refractivity contribution in [2.45, 2.75) is 0 Å². The molecule has 0 aliphatic heterocycles. The Morgan fingerprint density at radius 1 is 1.28 bits per heavy atom. The molecule has 0 fully saturated rings. The average molecular weight is 353 g/mol. The van der Waals surface area contributed by atoms with Crippen molar-refractivity contribution in [2.24, 2.45) is 5.10 Å². The van der Waals surface area contributed by atoms with Crippen LogP contribution in [0.15, 0.2) is 58.7 Å². The predicted octanol–water partition coefficient (Wildman–Crippen LogP) is 3.42. The first kappa shape index (κ1) is 15.4. The fraction of sp³-hybridized carbons (Fsp3) is 0.0556. The first-order valence-corrected chi connectivity index (χ1v) is 7.90. The van der Waals surface area contributed by atoms with E-state index in [9.17, 15) is 4.79 Å². The summed E-state index contributed by atoms with van der Waals surface area (Å²) < 4.78 is 6.40. The molecule has 7 heteroatoms. The molecular formula is C18H13ClN4O2. The number of hydrogen-bond donors (Lipinski definition) is 1. The van der Waals surface area contributed by atoms with Crippen molar-refractivity contribution in [3.05, 3.63) is 69.7 Å². The maximum atomic E-state index is 12.7. The van der Waals surface area contributed by atoms with Gasteiger partial charge in [0.25, 0.3) is 5.56 Å². The van der Waals surface area contributed by atoms with Crippen LogP contribution >= 0.6 is 11.6 Å². The number of hydrogen-bond acceptors (Lipinski definition) is 4. The Morgan fingerprint density at radius 2 is 2.16 bits per heavy atom. The van der Waals surface area contributed by atoms with Crippen molar-refractivity contribution >= 4 is 39.8 Å². The Kier molecular flexibility index (Phi) is 3.74. The number of H-pyrrole nitrogens is 1. The summed E-state index contributed by atoms with van der Waals surface area (Å²) in [6.45, 7) is 0. The molecule has 0 amide bonds. The Bertz CT molecular complexity index is 1180. The summed E-state index contributed by atoms with van der Waals surface area (Å²) in [7, 11) is 1.60. The highest BCUT2D eigenvalue weighted by Gasteiger charge is 2.11. The largest absolute Gasteiger partial charge is 0.497 e. The van der Waals surface area contributed by atoms with Crippen molar-refractivity contribution in [2.75, 3.05) is 7.11 Å². The molecule has 25 heavy (non-hydrogen) atoms. The van der Waals surface area contributed by atoms with Gasteiger partial charge in [-0.15, -0.1) is 0 Å². The highest BCUT2D eigenvalue weighted by molar-refractivity contribution is 6.30. The molecule has 124 valence electrons. The first-order valence-electron chi connectivity index (χ1n) is 7.53. The van der Waals surface area contributed by atoms with E-state index in [0.717, 1.165) is 16.5 Å². The zero-order chi connectivity index (χ0) is 17.4. The van der Waals surface area contributed by atoms with Crippen LogP contribution in [0, 0.1) is 0 Å². The van der Waals surface area contributed by atoms with E-state index >= 15 is 0 Å². The molecule has 0 aliphatic carbocycles. The number of nitrogens with one attached hydrogen (secondary N) is 1. The molecule has 0 spiro atoms. The van der Waals surface area contributed by atoms with E-state index in [0.29, 0.717) is 21.8 Å². The van der Waals surface area contributed by atoms with E-state index < -0.39 is 0 Å². The number of rotatable bonds is 3. The van der Waals surface area contributed by atoms with Gasteiger partial charge in [-0.25, -0.2) is 4.98 Å². The zero-order valence-corrected chi connectivity index (χ0v) is 14.0. The molecule has 0 saturated carbocycles. The van der Waals surface area contributed by atoms with Crippen molar-refractivity contribution in [1.82, 2.24) is 14.6 Å². The topological polar surface area (TPSA) is 72.3 Å². The number of fused-ring (bicyclic) bond motifs is 3. The van der Waals surface area contributed by atoms with E-state index in [1.54, 1.807) is 25.5 Å². The third kappa shape index (κ3) is 2.77. The van der Waals surface area contributed by atoms with Crippen LogP contribution in [0.5, 0.6) is 5.75 Å². The standard InChI is InChI=1S/C18H13ClN4O2/c1-25-13-5-6-14-15(8-13)22-17-16(14)20-10-23(18(17)24)21-9-11-3-2-4-12(19)7-11/h2-10,22H,1H3/b21-9+. The van der Waals surface area contributed by atoms with Crippen LogP contribution in [-0.4, -0.2) is 28.0 Å². The molecule has 0 aliphatic rings. The van der Waals surface area contributed by atoms with Crippen molar-refractivity contribution in [3.63, 3.8) is 0 Å². The maximum absolute atomic E-state index is 12.7. The number of methoxy groups -OCH3 is 1. The summed E-state index contributed by atoms with van der Waals surface area (Å²) in [6, 6.07) is 12.7. The van der Waals surface area contributed by atoms with Gasteiger partial charge in [0.2, 0.25) is 0 Å². The van der Waals surface area contributed by atoms with E-state index in [2.05, 4.69) is 15.1 Å². The van der Waals surface area contributed by atoms with Crippen LogP contribution in [0.3, 0.4) is 0 Å². The molecule has 1 N–H and O–H groups in total. The number of halogens is 1. The highest BCUT2D eigenvalue weighted by Crippen LogP contribution is 2.25. The van der Waals surface area contributed by atoms with E-state index in [1.165, 1.54) is 11.0 Å². The molecule has 0 unspecified atom stereocenters. The van der Waals surface area contributed by atoms with Gasteiger partial charge in [-0.05, 0) is 29.8 Å². The fourth-order valence-electron chi connectivity index (χ4n) is 2.66. The van der Waals surface area contributed by atoms with Crippen molar-refractivity contribution in [1.29, 1.82) is 0 Å². The van der Waals surface area contributed by atoms with Crippen LogP contribution in [0.2, 0.25) is 5.02 Å². The Balaban J connectivity index is 1.82. The van der Waals surface area contributed by atoms with Gasteiger partial charge < -0.3 is 9.72 Å². The lowest BCUT2D eigenvalue weighted by Crippen LogP contribution is -2.17. The molecular weight excluding hydrogens is 340 g/mol. The SMILES string of the molecule is COc1ccc2c(c1)[nH]c1c(=O)n(/N=C/c3cccc(Cl)c3)cnc12. The second-order valence-electron chi connectivity index (χ2n) is 5.45. The van der Waals surface area contributed by atoms with Gasteiger partial charge in [-0.1, -0.05) is 23.7 Å². The lowest BCUT2D eigenvalue weighted by Gasteiger charge is -1.98. The Morgan fingerprint density at radius 3 is 2.96 bits per heavy atom. The van der Waals surface area contributed by atoms with Gasteiger partial charge in [-0.2, -0.15) is 9.78 Å². The lowest BCUT2D eigenvalue weighted by atomic mass is 10.2. The molecule has 0 saturated heterocycles. The molecule has 0 atom stereocenters. The normalized spacial score (nSPS) is 11.6. The summed E-state index contributed by atoms with van der Waals surface area (Å²) in [5.74, 6) is 0.707. The second-order valence-corrected chi connectivity index (χ2v) is 5.89. The third-order valence-electron chi connectivity index (χ3n) is 3.88. The predicted molar refractivity (Wildman–Crippen MR) is 98.9 cm³/mol. The average Bonchev–Trinajstić information content (AvgIpc) is 3.00. The number of ether oxygens (including phenoxy) is 1. The van der Waals surface area contributed by atoms with Crippen molar-refractivity contribution in [3.8, 4) is 5.75 Å². The van der Waals surface area contributed by atoms with Gasteiger partial charge in [0.05, 0.1) is 18.8 Å².